The van der Waals surface area contributed by atoms with Gasteiger partial charge in [-0.3, -0.25) is 11.3 Å². The van der Waals surface area contributed by atoms with Gasteiger partial charge in [0, 0.05) is 7.11 Å². The molecule has 3 heteroatoms. The summed E-state index contributed by atoms with van der Waals surface area (Å²) in [6.07, 6.45) is 11.0. The molecule has 0 aliphatic heterocycles. The molecule has 126 valence electrons. The molecule has 3 nitrogen and oxygen atoms in total. The summed E-state index contributed by atoms with van der Waals surface area (Å²) >= 11 is 0. The van der Waals surface area contributed by atoms with Crippen molar-refractivity contribution in [3.8, 4) is 0 Å². The molecule has 0 radical (unpaired) electrons. The number of nitrogens with two attached hydrogens (primary N) is 1. The minimum Gasteiger partial charge on any atom is -0.377 e. The molecule has 21 heavy (non-hydrogen) atoms. The third-order valence-electron chi connectivity index (χ3n) is 5.80. The van der Waals surface area contributed by atoms with Crippen molar-refractivity contribution in [1.82, 2.24) is 5.43 Å². The van der Waals surface area contributed by atoms with E-state index < -0.39 is 0 Å². The highest BCUT2D eigenvalue weighted by molar-refractivity contribution is 4.98. The van der Waals surface area contributed by atoms with Crippen molar-refractivity contribution in [2.24, 2.45) is 17.2 Å². The minimum absolute atomic E-state index is 0.0656. The molecule has 2 unspecified atom stereocenters. The monoisotopic (exact) mass is 298 g/mol. The third kappa shape index (κ3) is 5.22. The summed E-state index contributed by atoms with van der Waals surface area (Å²) in [5, 5.41) is 0. The second-order valence-corrected chi connectivity index (χ2v) is 7.80. The maximum absolute atomic E-state index is 6.03. The Morgan fingerprint density at radius 1 is 1.14 bits per heavy atom. The quantitative estimate of drug-likeness (QED) is 0.489. The number of unbranched alkanes of at least 4 members (excludes halogenated alkanes) is 1. The fourth-order valence-corrected chi connectivity index (χ4v) is 3.79. The van der Waals surface area contributed by atoms with Crippen LogP contribution in [-0.4, -0.2) is 18.8 Å². The Kier molecular flexibility index (Phi) is 7.66. The number of hydrazine groups is 1. The van der Waals surface area contributed by atoms with Crippen molar-refractivity contribution in [2.75, 3.05) is 7.11 Å². The van der Waals surface area contributed by atoms with Crippen LogP contribution in [0.1, 0.15) is 85.5 Å². The molecule has 1 rings (SSSR count). The first kappa shape index (κ1) is 18.9. The zero-order valence-corrected chi connectivity index (χ0v) is 15.0. The van der Waals surface area contributed by atoms with E-state index in [1.165, 1.54) is 38.5 Å². The number of rotatable bonds is 9. The molecule has 1 aliphatic carbocycles. The van der Waals surface area contributed by atoms with Crippen LogP contribution in [0.4, 0.5) is 0 Å². The molecule has 1 saturated carbocycles. The SMILES string of the molecule is CCCCC(CC)CC(NN)C1(OC)CCC(C)(C)CC1. The molecule has 0 bridgehead atoms. The van der Waals surface area contributed by atoms with Crippen LogP contribution >= 0.6 is 0 Å². The molecule has 1 fully saturated rings. The number of hydrogen-bond donors (Lipinski definition) is 2. The third-order valence-corrected chi connectivity index (χ3v) is 5.80. The fourth-order valence-electron chi connectivity index (χ4n) is 3.79. The molecule has 0 aromatic carbocycles. The van der Waals surface area contributed by atoms with Crippen LogP contribution in [0.5, 0.6) is 0 Å². The van der Waals surface area contributed by atoms with E-state index in [0.29, 0.717) is 5.41 Å². The van der Waals surface area contributed by atoms with Crippen LogP contribution in [0, 0.1) is 11.3 Å². The summed E-state index contributed by atoms with van der Waals surface area (Å²) in [5.74, 6) is 6.69. The van der Waals surface area contributed by atoms with Gasteiger partial charge in [-0.1, -0.05) is 53.4 Å². The van der Waals surface area contributed by atoms with Gasteiger partial charge in [0.15, 0.2) is 0 Å². The largest absolute Gasteiger partial charge is 0.377 e. The Morgan fingerprint density at radius 2 is 1.76 bits per heavy atom. The number of ether oxygens (including phenoxy) is 1. The van der Waals surface area contributed by atoms with Gasteiger partial charge in [0.05, 0.1) is 11.6 Å². The topological polar surface area (TPSA) is 47.3 Å². The Bertz CT molecular complexity index is 281. The number of methoxy groups -OCH3 is 1. The van der Waals surface area contributed by atoms with Crippen LogP contribution in [0.25, 0.3) is 0 Å². The number of nitrogens with one attached hydrogen (secondary N) is 1. The van der Waals surface area contributed by atoms with Crippen LogP contribution in [0.3, 0.4) is 0 Å². The average molecular weight is 299 g/mol. The molecule has 0 amide bonds. The van der Waals surface area contributed by atoms with E-state index in [9.17, 15) is 0 Å². The van der Waals surface area contributed by atoms with Gasteiger partial charge in [0.25, 0.3) is 0 Å². The summed E-state index contributed by atoms with van der Waals surface area (Å²) in [6.45, 7) is 9.31. The van der Waals surface area contributed by atoms with Crippen molar-refractivity contribution >= 4 is 0 Å². The summed E-state index contributed by atoms with van der Waals surface area (Å²) in [4.78, 5) is 0. The second kappa shape index (κ2) is 8.50. The van der Waals surface area contributed by atoms with Crippen LogP contribution in [0.2, 0.25) is 0 Å². The Hall–Kier alpha value is -0.120. The van der Waals surface area contributed by atoms with E-state index in [-0.39, 0.29) is 11.6 Å². The minimum atomic E-state index is -0.0656. The van der Waals surface area contributed by atoms with Gasteiger partial charge in [-0.05, 0) is 43.4 Å². The molecule has 0 aromatic heterocycles. The van der Waals surface area contributed by atoms with Gasteiger partial charge in [-0.25, -0.2) is 0 Å². The van der Waals surface area contributed by atoms with E-state index in [1.54, 1.807) is 0 Å². The molecule has 2 atom stereocenters. The lowest BCUT2D eigenvalue weighted by molar-refractivity contribution is -0.0910. The number of hydrogen-bond acceptors (Lipinski definition) is 3. The van der Waals surface area contributed by atoms with Crippen molar-refractivity contribution in [2.45, 2.75) is 97.1 Å². The molecule has 0 saturated heterocycles. The summed E-state index contributed by atoms with van der Waals surface area (Å²) < 4.78 is 6.03. The zero-order valence-electron chi connectivity index (χ0n) is 15.0. The maximum atomic E-state index is 6.03. The van der Waals surface area contributed by atoms with Crippen molar-refractivity contribution in [3.63, 3.8) is 0 Å². The van der Waals surface area contributed by atoms with Gasteiger partial charge in [-0.2, -0.15) is 0 Å². The Labute approximate surface area is 132 Å². The highest BCUT2D eigenvalue weighted by Crippen LogP contribution is 2.44. The molecule has 0 aromatic rings. The standard InChI is InChI=1S/C18H38N2O/c1-6-8-9-15(7-2)14-16(20-19)18(21-5)12-10-17(3,4)11-13-18/h15-16,20H,6-14,19H2,1-5H3. The molecule has 1 aliphatic rings. The maximum Gasteiger partial charge on any atom is 0.0844 e. The predicted molar refractivity (Wildman–Crippen MR) is 91.0 cm³/mol. The van der Waals surface area contributed by atoms with E-state index >= 15 is 0 Å². The normalized spacial score (nSPS) is 23.7. The van der Waals surface area contributed by atoms with Gasteiger partial charge in [0.1, 0.15) is 0 Å². The van der Waals surface area contributed by atoms with Gasteiger partial charge >= 0.3 is 0 Å². The lowest BCUT2D eigenvalue weighted by Crippen LogP contribution is -2.57. The smallest absolute Gasteiger partial charge is 0.0844 e. The highest BCUT2D eigenvalue weighted by Gasteiger charge is 2.44. The van der Waals surface area contributed by atoms with Crippen molar-refractivity contribution in [1.29, 1.82) is 0 Å². The molecule has 0 heterocycles. The summed E-state index contributed by atoms with van der Waals surface area (Å²) in [7, 11) is 1.87. The van der Waals surface area contributed by atoms with Gasteiger partial charge in [-0.15, -0.1) is 0 Å². The predicted octanol–water partition coefficient (Wildman–Crippen LogP) is 4.41. The average Bonchev–Trinajstić information content (AvgIpc) is 2.49. The van der Waals surface area contributed by atoms with E-state index in [4.69, 9.17) is 10.6 Å². The Balaban J connectivity index is 2.71. The lowest BCUT2D eigenvalue weighted by Gasteiger charge is -2.47. The van der Waals surface area contributed by atoms with Crippen molar-refractivity contribution < 1.29 is 4.74 Å². The lowest BCUT2D eigenvalue weighted by atomic mass is 9.67. The van der Waals surface area contributed by atoms with Crippen LogP contribution in [0.15, 0.2) is 0 Å². The van der Waals surface area contributed by atoms with E-state index in [0.717, 1.165) is 25.2 Å². The molecular formula is C18H38N2O. The first-order chi connectivity index (χ1) is 9.93. The molecule has 3 N–H and O–H groups in total. The van der Waals surface area contributed by atoms with Crippen LogP contribution < -0.4 is 11.3 Å². The first-order valence-corrected chi connectivity index (χ1v) is 8.94. The van der Waals surface area contributed by atoms with Gasteiger partial charge < -0.3 is 4.74 Å². The summed E-state index contributed by atoms with van der Waals surface area (Å²) in [5.41, 5.74) is 3.49. The van der Waals surface area contributed by atoms with E-state index in [1.807, 2.05) is 7.11 Å². The first-order valence-electron chi connectivity index (χ1n) is 8.94. The second-order valence-electron chi connectivity index (χ2n) is 7.80. The zero-order chi connectivity index (χ0) is 15.9. The fraction of sp³-hybridized carbons (Fsp3) is 1.00. The molecule has 0 spiro atoms. The van der Waals surface area contributed by atoms with Crippen LogP contribution in [-0.2, 0) is 4.74 Å². The summed E-state index contributed by atoms with van der Waals surface area (Å²) in [6, 6.07) is 0.278. The Morgan fingerprint density at radius 3 is 2.19 bits per heavy atom. The molecular weight excluding hydrogens is 260 g/mol. The van der Waals surface area contributed by atoms with Crippen molar-refractivity contribution in [3.05, 3.63) is 0 Å². The van der Waals surface area contributed by atoms with E-state index in [2.05, 4.69) is 33.1 Å². The van der Waals surface area contributed by atoms with Gasteiger partial charge in [0.2, 0.25) is 0 Å². The highest BCUT2D eigenvalue weighted by atomic mass is 16.5.